The molecule has 1 aliphatic carbocycles. The molecule has 3 nitrogen and oxygen atoms in total. The lowest BCUT2D eigenvalue weighted by atomic mass is 9.77. The van der Waals surface area contributed by atoms with E-state index in [9.17, 15) is 13.2 Å². The summed E-state index contributed by atoms with van der Waals surface area (Å²) in [7, 11) is 0. The Morgan fingerprint density at radius 1 is 1.24 bits per heavy atom. The van der Waals surface area contributed by atoms with Gasteiger partial charge in [-0.2, -0.15) is 13.2 Å². The number of nitrogen functional groups attached to an aromatic ring is 1. The molecule has 0 saturated heterocycles. The number of rotatable bonds is 1. The van der Waals surface area contributed by atoms with Gasteiger partial charge in [0.25, 0.3) is 0 Å². The number of nitrogens with zero attached hydrogens (tertiary/aromatic N) is 1. The molecular formula is C14H14F3N3S. The topological polar surface area (TPSA) is 64.9 Å². The molecule has 1 aliphatic rings. The number of hydrogen-bond donors (Lipinski definition) is 2. The minimum atomic E-state index is -4.41. The molecule has 21 heavy (non-hydrogen) atoms. The van der Waals surface area contributed by atoms with E-state index in [-0.39, 0.29) is 5.56 Å². The number of nitrogens with two attached hydrogens (primary N) is 2. The van der Waals surface area contributed by atoms with Gasteiger partial charge in [0.1, 0.15) is 0 Å². The molecule has 0 aliphatic heterocycles. The van der Waals surface area contributed by atoms with Crippen molar-refractivity contribution in [3.05, 3.63) is 46.0 Å². The fraction of sp³-hybridized carbons (Fsp3) is 0.357. The Balaban J connectivity index is 2.05. The smallest absolute Gasteiger partial charge is 0.375 e. The van der Waals surface area contributed by atoms with Crippen LogP contribution in [0.5, 0.6) is 0 Å². The van der Waals surface area contributed by atoms with E-state index in [0.717, 1.165) is 16.6 Å². The molecule has 1 aromatic carbocycles. The van der Waals surface area contributed by atoms with Crippen LogP contribution >= 0.6 is 11.3 Å². The first kappa shape index (κ1) is 14.3. The van der Waals surface area contributed by atoms with Crippen molar-refractivity contribution >= 4 is 16.5 Å². The molecule has 0 radical (unpaired) electrons. The van der Waals surface area contributed by atoms with Crippen LogP contribution in [0.1, 0.15) is 28.1 Å². The maximum absolute atomic E-state index is 13.2. The first-order valence-electron chi connectivity index (χ1n) is 6.49. The Hall–Kier alpha value is -1.60. The molecule has 2 aromatic rings. The Morgan fingerprint density at radius 3 is 2.67 bits per heavy atom. The van der Waals surface area contributed by atoms with Crippen molar-refractivity contribution in [1.82, 2.24) is 4.98 Å². The quantitative estimate of drug-likeness (QED) is 0.850. The Kier molecular flexibility index (Phi) is 3.22. The first-order valence-corrected chi connectivity index (χ1v) is 7.31. The lowest BCUT2D eigenvalue weighted by molar-refractivity contribution is -0.138. The second kappa shape index (κ2) is 4.71. The van der Waals surface area contributed by atoms with Crippen molar-refractivity contribution in [2.45, 2.75) is 31.0 Å². The summed E-state index contributed by atoms with van der Waals surface area (Å²) in [5, 5.41) is 0.438. The molecule has 112 valence electrons. The predicted octanol–water partition coefficient (Wildman–Crippen LogP) is 3.09. The molecule has 1 aromatic heterocycles. The number of alkyl halides is 3. The minimum absolute atomic E-state index is 0.148. The van der Waals surface area contributed by atoms with Gasteiger partial charge in [-0.3, -0.25) is 0 Å². The second-order valence-electron chi connectivity index (χ2n) is 5.30. The summed E-state index contributed by atoms with van der Waals surface area (Å²) in [6, 6.07) is 5.53. The summed E-state index contributed by atoms with van der Waals surface area (Å²) in [6.45, 7) is 0. The molecule has 0 bridgehead atoms. The van der Waals surface area contributed by atoms with Crippen LogP contribution in [0, 0.1) is 0 Å². The third kappa shape index (κ3) is 2.51. The summed E-state index contributed by atoms with van der Waals surface area (Å²) < 4.78 is 39.6. The average molecular weight is 313 g/mol. The molecule has 1 atom stereocenters. The van der Waals surface area contributed by atoms with Crippen LogP contribution in [0.4, 0.5) is 18.3 Å². The van der Waals surface area contributed by atoms with Crippen molar-refractivity contribution in [3.8, 4) is 0 Å². The van der Waals surface area contributed by atoms with Gasteiger partial charge in [0.05, 0.1) is 11.3 Å². The SMILES string of the molecule is Nc1nc2c(s1)CC(N)(c1ccccc1C(F)(F)F)CC2. The highest BCUT2D eigenvalue weighted by Crippen LogP contribution is 2.42. The first-order chi connectivity index (χ1) is 9.79. The number of hydrogen-bond acceptors (Lipinski definition) is 4. The zero-order valence-corrected chi connectivity index (χ0v) is 11.9. The zero-order chi connectivity index (χ0) is 15.3. The molecule has 1 heterocycles. The number of aryl methyl sites for hydroxylation is 1. The summed E-state index contributed by atoms with van der Waals surface area (Å²) in [5.41, 5.74) is 11.3. The number of fused-ring (bicyclic) bond motifs is 1. The fourth-order valence-corrected chi connectivity index (χ4v) is 3.85. The van der Waals surface area contributed by atoms with Crippen molar-refractivity contribution in [3.63, 3.8) is 0 Å². The minimum Gasteiger partial charge on any atom is -0.375 e. The van der Waals surface area contributed by atoms with Crippen LogP contribution in [-0.2, 0) is 24.6 Å². The highest BCUT2D eigenvalue weighted by Gasteiger charge is 2.41. The predicted molar refractivity (Wildman–Crippen MR) is 75.9 cm³/mol. The van der Waals surface area contributed by atoms with Gasteiger partial charge in [-0.25, -0.2) is 4.98 Å². The van der Waals surface area contributed by atoms with E-state index >= 15 is 0 Å². The zero-order valence-electron chi connectivity index (χ0n) is 11.1. The van der Waals surface area contributed by atoms with E-state index in [4.69, 9.17) is 11.5 Å². The monoisotopic (exact) mass is 313 g/mol. The van der Waals surface area contributed by atoms with Gasteiger partial charge in [-0.1, -0.05) is 18.2 Å². The van der Waals surface area contributed by atoms with Crippen LogP contribution in [0.25, 0.3) is 0 Å². The van der Waals surface area contributed by atoms with Gasteiger partial charge in [0.15, 0.2) is 5.13 Å². The lowest BCUT2D eigenvalue weighted by Gasteiger charge is -2.35. The standard InChI is InChI=1S/C14H14F3N3S/c15-14(16,17)9-4-2-1-3-8(9)13(19)6-5-10-11(7-13)21-12(18)20-10/h1-4H,5-7,19H2,(H2,18,20). The van der Waals surface area contributed by atoms with E-state index in [1.54, 1.807) is 6.07 Å². The third-order valence-corrected chi connectivity index (χ3v) is 4.77. The highest BCUT2D eigenvalue weighted by atomic mass is 32.1. The summed E-state index contributed by atoms with van der Waals surface area (Å²) in [4.78, 5) is 5.09. The molecule has 7 heteroatoms. The molecule has 3 rings (SSSR count). The Labute approximate surface area is 123 Å². The van der Waals surface area contributed by atoms with Crippen molar-refractivity contribution < 1.29 is 13.2 Å². The molecule has 0 fully saturated rings. The maximum atomic E-state index is 13.2. The van der Waals surface area contributed by atoms with E-state index in [0.29, 0.717) is 24.4 Å². The number of halogens is 3. The average Bonchev–Trinajstić information content (AvgIpc) is 2.77. The molecule has 1 unspecified atom stereocenters. The summed E-state index contributed by atoms with van der Waals surface area (Å²) in [5.74, 6) is 0. The van der Waals surface area contributed by atoms with E-state index in [1.807, 2.05) is 0 Å². The fourth-order valence-electron chi connectivity index (χ4n) is 2.85. The third-order valence-electron chi connectivity index (χ3n) is 3.85. The van der Waals surface area contributed by atoms with Gasteiger partial charge in [0.2, 0.25) is 0 Å². The van der Waals surface area contributed by atoms with Gasteiger partial charge in [-0.05, 0) is 24.5 Å². The Morgan fingerprint density at radius 2 is 1.95 bits per heavy atom. The number of benzene rings is 1. The van der Waals surface area contributed by atoms with Crippen LogP contribution in [0.3, 0.4) is 0 Å². The van der Waals surface area contributed by atoms with Crippen LogP contribution < -0.4 is 11.5 Å². The summed E-state index contributed by atoms with van der Waals surface area (Å²) >= 11 is 1.31. The highest BCUT2D eigenvalue weighted by molar-refractivity contribution is 7.15. The largest absolute Gasteiger partial charge is 0.416 e. The van der Waals surface area contributed by atoms with Crippen molar-refractivity contribution in [2.24, 2.45) is 5.73 Å². The van der Waals surface area contributed by atoms with Crippen molar-refractivity contribution in [1.29, 1.82) is 0 Å². The van der Waals surface area contributed by atoms with E-state index < -0.39 is 17.3 Å². The van der Waals surface area contributed by atoms with Crippen molar-refractivity contribution in [2.75, 3.05) is 5.73 Å². The molecule has 0 spiro atoms. The lowest BCUT2D eigenvalue weighted by Crippen LogP contribution is -2.43. The number of thiazole rings is 1. The molecule has 4 N–H and O–H groups in total. The maximum Gasteiger partial charge on any atom is 0.416 e. The van der Waals surface area contributed by atoms with Crippen LogP contribution in [0.15, 0.2) is 24.3 Å². The molecule has 0 amide bonds. The van der Waals surface area contributed by atoms with Gasteiger partial charge >= 0.3 is 6.18 Å². The van der Waals surface area contributed by atoms with Crippen LogP contribution in [0.2, 0.25) is 0 Å². The number of anilines is 1. The van der Waals surface area contributed by atoms with Gasteiger partial charge in [0, 0.05) is 16.8 Å². The molecular weight excluding hydrogens is 299 g/mol. The van der Waals surface area contributed by atoms with E-state index in [2.05, 4.69) is 4.98 Å². The van der Waals surface area contributed by atoms with Crippen LogP contribution in [-0.4, -0.2) is 4.98 Å². The van der Waals surface area contributed by atoms with Gasteiger partial charge in [-0.15, -0.1) is 11.3 Å². The van der Waals surface area contributed by atoms with Gasteiger partial charge < -0.3 is 11.5 Å². The normalized spacial score (nSPS) is 22.1. The molecule has 0 saturated carbocycles. The Bertz CT molecular complexity index is 680. The van der Waals surface area contributed by atoms with E-state index in [1.165, 1.54) is 23.5 Å². The number of aromatic nitrogens is 1. The second-order valence-corrected chi connectivity index (χ2v) is 6.41. The summed E-state index contributed by atoms with van der Waals surface area (Å²) in [6.07, 6.45) is -3.09.